The van der Waals surface area contributed by atoms with Gasteiger partial charge in [0.25, 0.3) is 0 Å². The van der Waals surface area contributed by atoms with Gasteiger partial charge >= 0.3 is 0 Å². The number of hydrogen-bond acceptors (Lipinski definition) is 3. The zero-order chi connectivity index (χ0) is 11.6. The first-order valence-electron chi connectivity index (χ1n) is 5.04. The van der Waals surface area contributed by atoms with E-state index in [1.807, 2.05) is 6.92 Å². The first-order chi connectivity index (χ1) is 6.99. The van der Waals surface area contributed by atoms with Crippen LogP contribution in [0.5, 0.6) is 11.5 Å². The van der Waals surface area contributed by atoms with Gasteiger partial charge in [0.05, 0.1) is 5.56 Å². The standard InChI is InChI=1S/C12H16O3/c1-4-5-9(13)11-7(2)6-10(14)8(3)12(11)15/h6,14-15H,4-5H2,1-3H3. The van der Waals surface area contributed by atoms with Crippen molar-refractivity contribution in [1.82, 2.24) is 0 Å². The first kappa shape index (κ1) is 11.6. The third-order valence-electron chi connectivity index (χ3n) is 2.48. The number of aromatic hydroxyl groups is 2. The predicted molar refractivity (Wildman–Crippen MR) is 58.5 cm³/mol. The van der Waals surface area contributed by atoms with Gasteiger partial charge in [-0.3, -0.25) is 4.79 Å². The molecular formula is C12H16O3. The van der Waals surface area contributed by atoms with Crippen LogP contribution in [-0.4, -0.2) is 16.0 Å². The molecular weight excluding hydrogens is 192 g/mol. The van der Waals surface area contributed by atoms with E-state index in [0.29, 0.717) is 23.1 Å². The SMILES string of the molecule is CCCC(=O)c1c(C)cc(O)c(C)c1O. The molecule has 0 aliphatic rings. The van der Waals surface area contributed by atoms with Crippen molar-refractivity contribution in [2.24, 2.45) is 0 Å². The average Bonchev–Trinajstić information content (AvgIpc) is 2.15. The van der Waals surface area contributed by atoms with Gasteiger partial charge in [-0.2, -0.15) is 0 Å². The molecule has 0 aromatic heterocycles. The summed E-state index contributed by atoms with van der Waals surface area (Å²) in [6.45, 7) is 5.21. The van der Waals surface area contributed by atoms with E-state index in [1.165, 1.54) is 6.07 Å². The lowest BCUT2D eigenvalue weighted by Gasteiger charge is -2.11. The van der Waals surface area contributed by atoms with Gasteiger partial charge in [0.15, 0.2) is 5.78 Å². The van der Waals surface area contributed by atoms with Crippen molar-refractivity contribution >= 4 is 5.78 Å². The van der Waals surface area contributed by atoms with E-state index in [0.717, 1.165) is 6.42 Å². The molecule has 0 fully saturated rings. The fourth-order valence-electron chi connectivity index (χ4n) is 1.59. The van der Waals surface area contributed by atoms with E-state index < -0.39 is 0 Å². The lowest BCUT2D eigenvalue weighted by Crippen LogP contribution is -2.02. The van der Waals surface area contributed by atoms with Crippen molar-refractivity contribution in [1.29, 1.82) is 0 Å². The molecule has 15 heavy (non-hydrogen) atoms. The summed E-state index contributed by atoms with van der Waals surface area (Å²) in [6.07, 6.45) is 1.16. The predicted octanol–water partition coefficient (Wildman–Crippen LogP) is 2.70. The highest BCUT2D eigenvalue weighted by Gasteiger charge is 2.17. The normalized spacial score (nSPS) is 10.3. The molecule has 0 atom stereocenters. The Labute approximate surface area is 89.4 Å². The second kappa shape index (κ2) is 4.34. The lowest BCUT2D eigenvalue weighted by molar-refractivity contribution is 0.0978. The second-order valence-corrected chi connectivity index (χ2v) is 3.73. The maximum absolute atomic E-state index is 11.7. The number of benzene rings is 1. The molecule has 2 N–H and O–H groups in total. The van der Waals surface area contributed by atoms with Crippen LogP contribution in [-0.2, 0) is 0 Å². The molecule has 0 spiro atoms. The fraction of sp³-hybridized carbons (Fsp3) is 0.417. The number of ketones is 1. The smallest absolute Gasteiger partial charge is 0.166 e. The van der Waals surface area contributed by atoms with Gasteiger partial charge < -0.3 is 10.2 Å². The summed E-state index contributed by atoms with van der Waals surface area (Å²) in [5.41, 5.74) is 1.32. The summed E-state index contributed by atoms with van der Waals surface area (Å²) in [4.78, 5) is 11.7. The van der Waals surface area contributed by atoms with E-state index in [4.69, 9.17) is 0 Å². The Balaban J connectivity index is 3.29. The Bertz CT molecular complexity index is 394. The largest absolute Gasteiger partial charge is 0.508 e. The number of phenols is 2. The number of carbonyl (C=O) groups excluding carboxylic acids is 1. The van der Waals surface area contributed by atoms with Crippen molar-refractivity contribution in [3.63, 3.8) is 0 Å². The third-order valence-corrected chi connectivity index (χ3v) is 2.48. The van der Waals surface area contributed by atoms with Crippen LogP contribution in [0.2, 0.25) is 0 Å². The van der Waals surface area contributed by atoms with Crippen LogP contribution in [0, 0.1) is 13.8 Å². The second-order valence-electron chi connectivity index (χ2n) is 3.73. The molecule has 0 aliphatic carbocycles. The molecule has 1 aromatic carbocycles. The summed E-state index contributed by atoms with van der Waals surface area (Å²) in [5, 5.41) is 19.2. The molecule has 0 amide bonds. The van der Waals surface area contributed by atoms with Gasteiger partial charge in [0.1, 0.15) is 11.5 Å². The van der Waals surface area contributed by atoms with Crippen LogP contribution in [0.3, 0.4) is 0 Å². The number of hydrogen-bond donors (Lipinski definition) is 2. The lowest BCUT2D eigenvalue weighted by atomic mass is 9.97. The molecule has 0 saturated heterocycles. The number of carbonyl (C=O) groups is 1. The highest BCUT2D eigenvalue weighted by atomic mass is 16.3. The Hall–Kier alpha value is -1.51. The molecule has 0 aliphatic heterocycles. The van der Waals surface area contributed by atoms with Crippen LogP contribution in [0.15, 0.2) is 6.07 Å². The summed E-state index contributed by atoms with van der Waals surface area (Å²) in [6, 6.07) is 1.51. The number of rotatable bonds is 3. The molecule has 3 heteroatoms. The summed E-state index contributed by atoms with van der Waals surface area (Å²) >= 11 is 0. The number of aryl methyl sites for hydroxylation is 1. The zero-order valence-corrected chi connectivity index (χ0v) is 9.29. The van der Waals surface area contributed by atoms with E-state index in [1.54, 1.807) is 13.8 Å². The van der Waals surface area contributed by atoms with Gasteiger partial charge in [-0.05, 0) is 31.9 Å². The van der Waals surface area contributed by atoms with E-state index in [-0.39, 0.29) is 17.3 Å². The molecule has 0 heterocycles. The first-order valence-corrected chi connectivity index (χ1v) is 5.04. The summed E-state index contributed by atoms with van der Waals surface area (Å²) in [5.74, 6) is -0.139. The highest BCUT2D eigenvalue weighted by molar-refractivity contribution is 6.00. The molecule has 3 nitrogen and oxygen atoms in total. The van der Waals surface area contributed by atoms with E-state index >= 15 is 0 Å². The van der Waals surface area contributed by atoms with E-state index in [2.05, 4.69) is 0 Å². The Kier molecular flexibility index (Phi) is 3.35. The van der Waals surface area contributed by atoms with Crippen molar-refractivity contribution in [2.75, 3.05) is 0 Å². The maximum Gasteiger partial charge on any atom is 0.166 e. The third kappa shape index (κ3) is 2.12. The minimum absolute atomic E-state index is 0.0260. The Morgan fingerprint density at radius 2 is 1.93 bits per heavy atom. The van der Waals surface area contributed by atoms with Crippen LogP contribution < -0.4 is 0 Å². The van der Waals surface area contributed by atoms with E-state index in [9.17, 15) is 15.0 Å². The molecule has 0 bridgehead atoms. The molecule has 1 aromatic rings. The Morgan fingerprint density at radius 3 is 2.47 bits per heavy atom. The monoisotopic (exact) mass is 208 g/mol. The van der Waals surface area contributed by atoms with Gasteiger partial charge in [0, 0.05) is 12.0 Å². The van der Waals surface area contributed by atoms with Crippen LogP contribution in [0.1, 0.15) is 41.3 Å². The van der Waals surface area contributed by atoms with Crippen molar-refractivity contribution in [2.45, 2.75) is 33.6 Å². The molecule has 82 valence electrons. The van der Waals surface area contributed by atoms with Crippen LogP contribution in [0.25, 0.3) is 0 Å². The molecule has 0 unspecified atom stereocenters. The number of Topliss-reactive ketones (excluding diaryl/α,β-unsaturated/α-hetero) is 1. The summed E-state index contributed by atoms with van der Waals surface area (Å²) < 4.78 is 0. The minimum Gasteiger partial charge on any atom is -0.508 e. The highest BCUT2D eigenvalue weighted by Crippen LogP contribution is 2.33. The van der Waals surface area contributed by atoms with Gasteiger partial charge in [-0.15, -0.1) is 0 Å². The quantitative estimate of drug-likeness (QED) is 0.751. The van der Waals surface area contributed by atoms with Crippen molar-refractivity contribution in [3.05, 3.63) is 22.8 Å². The van der Waals surface area contributed by atoms with Crippen LogP contribution in [0.4, 0.5) is 0 Å². The van der Waals surface area contributed by atoms with Crippen LogP contribution >= 0.6 is 0 Å². The molecule has 0 saturated carbocycles. The zero-order valence-electron chi connectivity index (χ0n) is 9.29. The van der Waals surface area contributed by atoms with Crippen molar-refractivity contribution in [3.8, 4) is 11.5 Å². The molecule has 0 radical (unpaired) electrons. The molecule has 1 rings (SSSR count). The number of phenolic OH excluding ortho intramolecular Hbond substituents is 2. The van der Waals surface area contributed by atoms with Gasteiger partial charge in [0.2, 0.25) is 0 Å². The van der Waals surface area contributed by atoms with Gasteiger partial charge in [-0.1, -0.05) is 6.92 Å². The van der Waals surface area contributed by atoms with Gasteiger partial charge in [-0.25, -0.2) is 0 Å². The average molecular weight is 208 g/mol. The Morgan fingerprint density at radius 1 is 1.33 bits per heavy atom. The van der Waals surface area contributed by atoms with Crippen molar-refractivity contribution < 1.29 is 15.0 Å². The maximum atomic E-state index is 11.7. The minimum atomic E-state index is -0.0917. The summed E-state index contributed by atoms with van der Waals surface area (Å²) in [7, 11) is 0. The topological polar surface area (TPSA) is 57.5 Å². The fourth-order valence-corrected chi connectivity index (χ4v) is 1.59.